The molecule has 0 fully saturated rings. The van der Waals surface area contributed by atoms with Crippen molar-refractivity contribution in [2.45, 2.75) is 6.92 Å². The van der Waals surface area contributed by atoms with Gasteiger partial charge in [0.05, 0.1) is 12.2 Å². The predicted molar refractivity (Wildman–Crippen MR) is 59.6 cm³/mol. The SMILES string of the molecule is COCCOc1c(C)cccc1C(=N)N. The molecular formula is C11H16N2O2. The fourth-order valence-corrected chi connectivity index (χ4v) is 1.28. The fraction of sp³-hybridized carbons (Fsp3) is 0.364. The van der Waals surface area contributed by atoms with Crippen LogP contribution in [0.25, 0.3) is 0 Å². The van der Waals surface area contributed by atoms with E-state index < -0.39 is 0 Å². The highest BCUT2D eigenvalue weighted by molar-refractivity contribution is 5.98. The van der Waals surface area contributed by atoms with Gasteiger partial charge in [-0.25, -0.2) is 0 Å². The molecule has 0 bridgehead atoms. The molecule has 0 saturated carbocycles. The van der Waals surface area contributed by atoms with Gasteiger partial charge < -0.3 is 15.2 Å². The van der Waals surface area contributed by atoms with Gasteiger partial charge in [-0.3, -0.25) is 5.41 Å². The number of aryl methyl sites for hydroxylation is 1. The third-order valence-corrected chi connectivity index (χ3v) is 2.04. The number of rotatable bonds is 5. The average molecular weight is 208 g/mol. The van der Waals surface area contributed by atoms with Crippen molar-refractivity contribution in [2.75, 3.05) is 20.3 Å². The van der Waals surface area contributed by atoms with E-state index in [1.54, 1.807) is 13.2 Å². The maximum absolute atomic E-state index is 7.42. The Morgan fingerprint density at radius 1 is 1.40 bits per heavy atom. The van der Waals surface area contributed by atoms with Gasteiger partial charge in [-0.05, 0) is 18.6 Å². The van der Waals surface area contributed by atoms with Crippen LogP contribution in [0.3, 0.4) is 0 Å². The molecular weight excluding hydrogens is 192 g/mol. The summed E-state index contributed by atoms with van der Waals surface area (Å²) in [5.74, 6) is 0.688. The first-order valence-electron chi connectivity index (χ1n) is 4.72. The molecule has 0 aliphatic rings. The van der Waals surface area contributed by atoms with Crippen LogP contribution in [0.5, 0.6) is 5.75 Å². The Bertz CT molecular complexity index is 350. The van der Waals surface area contributed by atoms with Gasteiger partial charge in [-0.1, -0.05) is 12.1 Å². The third-order valence-electron chi connectivity index (χ3n) is 2.04. The Morgan fingerprint density at radius 2 is 2.13 bits per heavy atom. The summed E-state index contributed by atoms with van der Waals surface area (Å²) in [5.41, 5.74) is 7.06. The van der Waals surface area contributed by atoms with E-state index in [1.165, 1.54) is 0 Å². The lowest BCUT2D eigenvalue weighted by Crippen LogP contribution is -2.15. The first-order valence-corrected chi connectivity index (χ1v) is 4.72. The second-order valence-electron chi connectivity index (χ2n) is 3.21. The van der Waals surface area contributed by atoms with E-state index in [2.05, 4.69) is 0 Å². The van der Waals surface area contributed by atoms with Gasteiger partial charge in [0.25, 0.3) is 0 Å². The number of benzene rings is 1. The molecule has 4 heteroatoms. The van der Waals surface area contributed by atoms with E-state index in [4.69, 9.17) is 20.6 Å². The minimum absolute atomic E-state index is 0.0196. The molecule has 1 aromatic carbocycles. The van der Waals surface area contributed by atoms with Crippen LogP contribution >= 0.6 is 0 Å². The Labute approximate surface area is 89.5 Å². The summed E-state index contributed by atoms with van der Waals surface area (Å²) < 4.78 is 10.4. The molecule has 1 aromatic rings. The van der Waals surface area contributed by atoms with Crippen LogP contribution in [0.4, 0.5) is 0 Å². The summed E-state index contributed by atoms with van der Waals surface area (Å²) in [6.07, 6.45) is 0. The zero-order valence-corrected chi connectivity index (χ0v) is 9.04. The normalized spacial score (nSPS) is 10.0. The predicted octanol–water partition coefficient (Wildman–Crippen LogP) is 1.30. The van der Waals surface area contributed by atoms with E-state index in [9.17, 15) is 0 Å². The zero-order valence-electron chi connectivity index (χ0n) is 9.04. The van der Waals surface area contributed by atoms with Crippen LogP contribution in [0.1, 0.15) is 11.1 Å². The van der Waals surface area contributed by atoms with Gasteiger partial charge in [-0.2, -0.15) is 0 Å². The maximum Gasteiger partial charge on any atom is 0.133 e. The van der Waals surface area contributed by atoms with Crippen LogP contribution in [0.15, 0.2) is 18.2 Å². The van der Waals surface area contributed by atoms with Gasteiger partial charge in [0.1, 0.15) is 18.2 Å². The molecule has 0 atom stereocenters. The van der Waals surface area contributed by atoms with Crippen molar-refractivity contribution in [3.8, 4) is 5.75 Å². The molecule has 3 N–H and O–H groups in total. The number of nitrogens with one attached hydrogen (secondary N) is 1. The first kappa shape index (κ1) is 11.5. The molecule has 0 aliphatic heterocycles. The number of methoxy groups -OCH3 is 1. The number of nitrogens with two attached hydrogens (primary N) is 1. The number of hydrogen-bond acceptors (Lipinski definition) is 3. The standard InChI is InChI=1S/C11H16N2O2/c1-8-4-3-5-9(11(12)13)10(8)15-7-6-14-2/h3-5H,6-7H2,1-2H3,(H3,12,13). The lowest BCUT2D eigenvalue weighted by atomic mass is 10.1. The summed E-state index contributed by atoms with van der Waals surface area (Å²) in [5, 5.41) is 7.42. The van der Waals surface area contributed by atoms with Crippen molar-refractivity contribution in [2.24, 2.45) is 5.73 Å². The highest BCUT2D eigenvalue weighted by Gasteiger charge is 2.08. The van der Waals surface area contributed by atoms with E-state index >= 15 is 0 Å². The first-order chi connectivity index (χ1) is 7.16. The molecule has 0 spiro atoms. The second-order valence-corrected chi connectivity index (χ2v) is 3.21. The van der Waals surface area contributed by atoms with E-state index in [-0.39, 0.29) is 5.84 Å². The summed E-state index contributed by atoms with van der Waals surface area (Å²) in [7, 11) is 1.62. The molecule has 0 saturated heterocycles. The van der Waals surface area contributed by atoms with Gasteiger partial charge in [0, 0.05) is 7.11 Å². The minimum Gasteiger partial charge on any atom is -0.490 e. The van der Waals surface area contributed by atoms with Gasteiger partial charge in [0.15, 0.2) is 0 Å². The van der Waals surface area contributed by atoms with Crippen LogP contribution in [-0.2, 0) is 4.74 Å². The summed E-state index contributed by atoms with van der Waals surface area (Å²) in [6, 6.07) is 5.56. The maximum atomic E-state index is 7.42. The fourth-order valence-electron chi connectivity index (χ4n) is 1.28. The average Bonchev–Trinajstić information content (AvgIpc) is 2.20. The van der Waals surface area contributed by atoms with E-state index in [0.717, 1.165) is 5.56 Å². The third kappa shape index (κ3) is 2.95. The van der Waals surface area contributed by atoms with E-state index in [1.807, 2.05) is 19.1 Å². The quantitative estimate of drug-likeness (QED) is 0.435. The topological polar surface area (TPSA) is 68.3 Å². The van der Waals surface area contributed by atoms with Gasteiger partial charge in [-0.15, -0.1) is 0 Å². The molecule has 82 valence electrons. The van der Waals surface area contributed by atoms with Crippen LogP contribution in [0.2, 0.25) is 0 Å². The number of para-hydroxylation sites is 1. The van der Waals surface area contributed by atoms with Crippen molar-refractivity contribution in [1.29, 1.82) is 5.41 Å². The minimum atomic E-state index is 0.0196. The van der Waals surface area contributed by atoms with Crippen molar-refractivity contribution < 1.29 is 9.47 Å². The smallest absolute Gasteiger partial charge is 0.133 e. The number of amidine groups is 1. The van der Waals surface area contributed by atoms with E-state index in [0.29, 0.717) is 24.5 Å². The van der Waals surface area contributed by atoms with Crippen LogP contribution in [0, 0.1) is 12.3 Å². The number of ether oxygens (including phenoxy) is 2. The summed E-state index contributed by atoms with van der Waals surface area (Å²) >= 11 is 0. The second kappa shape index (κ2) is 5.36. The monoisotopic (exact) mass is 208 g/mol. The zero-order chi connectivity index (χ0) is 11.3. The highest BCUT2D eigenvalue weighted by Crippen LogP contribution is 2.22. The van der Waals surface area contributed by atoms with Crippen molar-refractivity contribution in [1.82, 2.24) is 0 Å². The van der Waals surface area contributed by atoms with Crippen LogP contribution < -0.4 is 10.5 Å². The van der Waals surface area contributed by atoms with Crippen LogP contribution in [-0.4, -0.2) is 26.2 Å². The molecule has 0 heterocycles. The molecule has 0 radical (unpaired) electrons. The van der Waals surface area contributed by atoms with Gasteiger partial charge in [0.2, 0.25) is 0 Å². The molecule has 0 amide bonds. The Kier molecular flexibility index (Phi) is 4.12. The molecule has 0 unspecified atom stereocenters. The number of nitrogen functional groups attached to an aromatic ring is 1. The molecule has 4 nitrogen and oxygen atoms in total. The van der Waals surface area contributed by atoms with Crippen molar-refractivity contribution in [3.63, 3.8) is 0 Å². The lowest BCUT2D eigenvalue weighted by molar-refractivity contribution is 0.146. The van der Waals surface area contributed by atoms with Crippen molar-refractivity contribution >= 4 is 5.84 Å². The van der Waals surface area contributed by atoms with Crippen molar-refractivity contribution in [3.05, 3.63) is 29.3 Å². The molecule has 0 aliphatic carbocycles. The summed E-state index contributed by atoms with van der Waals surface area (Å²) in [4.78, 5) is 0. The summed E-state index contributed by atoms with van der Waals surface area (Å²) in [6.45, 7) is 2.90. The molecule has 15 heavy (non-hydrogen) atoms. The molecule has 0 aromatic heterocycles. The number of hydrogen-bond donors (Lipinski definition) is 2. The largest absolute Gasteiger partial charge is 0.490 e. The Balaban J connectivity index is 2.87. The molecule has 1 rings (SSSR count). The lowest BCUT2D eigenvalue weighted by Gasteiger charge is -2.12. The Hall–Kier alpha value is -1.55. The Morgan fingerprint density at radius 3 is 2.73 bits per heavy atom. The highest BCUT2D eigenvalue weighted by atomic mass is 16.5. The van der Waals surface area contributed by atoms with Gasteiger partial charge >= 0.3 is 0 Å².